The fraction of sp³-hybridized carbons (Fsp3) is 0.619. The summed E-state index contributed by atoms with van der Waals surface area (Å²) in [7, 11) is 1.22. The van der Waals surface area contributed by atoms with Crippen molar-refractivity contribution in [3.8, 4) is 0 Å². The third-order valence-electron chi connectivity index (χ3n) is 6.32. The van der Waals surface area contributed by atoms with Crippen LogP contribution in [0.25, 0.3) is 10.2 Å². The smallest absolute Gasteiger partial charge is 0.436 e. The Balaban J connectivity index is 1.81. The van der Waals surface area contributed by atoms with Crippen LogP contribution in [0.1, 0.15) is 48.6 Å². The number of carbonyl (C=O) groups is 1. The van der Waals surface area contributed by atoms with Gasteiger partial charge >= 0.3 is 18.0 Å². The molecule has 34 heavy (non-hydrogen) atoms. The lowest BCUT2D eigenvalue weighted by Crippen LogP contribution is -2.42. The Labute approximate surface area is 196 Å². The first-order valence-electron chi connectivity index (χ1n) is 11.1. The molecule has 4 rings (SSSR count). The zero-order chi connectivity index (χ0) is 24.6. The standard InChI is InChI=1S/C21H26F3N5O4S/c1-12-14(11-27-10-8-25-18(27)26-19(31)33-2)34-17-15(12)16(30)29(13-5-3-4-6-13)20(32)28(17)9-7-21(22,23)24/h13H,3-11H2,1-2H3,(H,25,26,31). The number of guanidine groups is 1. The zero-order valence-corrected chi connectivity index (χ0v) is 19.7. The molecule has 13 heteroatoms. The van der Waals surface area contributed by atoms with Crippen molar-refractivity contribution in [1.29, 1.82) is 0 Å². The Bertz CT molecular complexity index is 1240. The number of aryl methyl sites for hydroxylation is 2. The van der Waals surface area contributed by atoms with Gasteiger partial charge in [0.25, 0.3) is 5.56 Å². The summed E-state index contributed by atoms with van der Waals surface area (Å²) in [6.07, 6.45) is -3.31. The van der Waals surface area contributed by atoms with Gasteiger partial charge in [-0.15, -0.1) is 16.3 Å². The van der Waals surface area contributed by atoms with Crippen molar-refractivity contribution in [2.24, 2.45) is 4.99 Å². The number of carbonyl (C=O) groups excluding carboxylic acids is 1. The molecule has 186 valence electrons. The van der Waals surface area contributed by atoms with Crippen LogP contribution in [0.15, 0.2) is 14.6 Å². The summed E-state index contributed by atoms with van der Waals surface area (Å²) in [5, 5.41) is 3.28. The van der Waals surface area contributed by atoms with Crippen LogP contribution in [-0.2, 0) is 17.8 Å². The summed E-state index contributed by atoms with van der Waals surface area (Å²) in [5.74, 6) is 0.321. The first-order chi connectivity index (χ1) is 16.1. The van der Waals surface area contributed by atoms with Crippen LogP contribution in [0, 0.1) is 6.92 Å². The van der Waals surface area contributed by atoms with Gasteiger partial charge in [-0.2, -0.15) is 13.2 Å². The van der Waals surface area contributed by atoms with Crippen molar-refractivity contribution in [2.75, 3.05) is 20.2 Å². The average molecular weight is 502 g/mol. The quantitative estimate of drug-likeness (QED) is 0.676. The van der Waals surface area contributed by atoms with Crippen molar-refractivity contribution < 1.29 is 22.7 Å². The minimum Gasteiger partial charge on any atom is -0.451 e. The third kappa shape index (κ3) is 4.70. The predicted molar refractivity (Wildman–Crippen MR) is 122 cm³/mol. The number of halogens is 3. The van der Waals surface area contributed by atoms with Gasteiger partial charge in [0.1, 0.15) is 4.83 Å². The van der Waals surface area contributed by atoms with E-state index >= 15 is 0 Å². The maximum absolute atomic E-state index is 13.4. The van der Waals surface area contributed by atoms with Crippen molar-refractivity contribution >= 4 is 33.6 Å². The van der Waals surface area contributed by atoms with E-state index in [9.17, 15) is 27.6 Å². The molecule has 9 nitrogen and oxygen atoms in total. The Hall–Kier alpha value is -2.83. The highest BCUT2D eigenvalue weighted by atomic mass is 32.1. The van der Waals surface area contributed by atoms with E-state index in [1.165, 1.54) is 7.11 Å². The highest BCUT2D eigenvalue weighted by Crippen LogP contribution is 2.32. The van der Waals surface area contributed by atoms with E-state index in [1.807, 2.05) is 0 Å². The second kappa shape index (κ2) is 9.43. The molecule has 2 aromatic rings. The minimum atomic E-state index is -4.43. The van der Waals surface area contributed by atoms with E-state index in [0.29, 0.717) is 37.5 Å². The summed E-state index contributed by atoms with van der Waals surface area (Å²) in [5.41, 5.74) is -0.503. The lowest BCUT2D eigenvalue weighted by molar-refractivity contribution is -0.136. The molecule has 1 saturated heterocycles. The molecule has 0 unspecified atom stereocenters. The first kappa shape index (κ1) is 24.3. The van der Waals surface area contributed by atoms with Crippen LogP contribution >= 0.6 is 11.3 Å². The van der Waals surface area contributed by atoms with Gasteiger partial charge in [-0.25, -0.2) is 9.59 Å². The molecule has 1 aliphatic carbocycles. The number of rotatable bonds is 5. The summed E-state index contributed by atoms with van der Waals surface area (Å²) in [6, 6.07) is -0.300. The number of aliphatic imine (C=N–C) groups is 1. The molecule has 1 amide bonds. The molecule has 2 aromatic heterocycles. The predicted octanol–water partition coefficient (Wildman–Crippen LogP) is 3.13. The van der Waals surface area contributed by atoms with Crippen molar-refractivity contribution in [3.05, 3.63) is 31.3 Å². The lowest BCUT2D eigenvalue weighted by atomic mass is 10.2. The average Bonchev–Trinajstić information content (AvgIpc) is 3.50. The van der Waals surface area contributed by atoms with E-state index in [4.69, 9.17) is 0 Å². The maximum Gasteiger partial charge on any atom is 0.436 e. The molecular formula is C21H26F3N5O4S. The number of nitrogens with zero attached hydrogens (tertiary/aromatic N) is 4. The molecule has 1 N–H and O–H groups in total. The minimum absolute atomic E-state index is 0.250. The van der Waals surface area contributed by atoms with Crippen LogP contribution in [-0.4, -0.2) is 52.5 Å². The fourth-order valence-electron chi connectivity index (χ4n) is 4.57. The third-order valence-corrected chi connectivity index (χ3v) is 7.62. The topological polar surface area (TPSA) is 97.9 Å². The van der Waals surface area contributed by atoms with Gasteiger partial charge in [-0.1, -0.05) is 12.8 Å². The largest absolute Gasteiger partial charge is 0.451 e. The molecular weight excluding hydrogens is 475 g/mol. The molecule has 0 atom stereocenters. The monoisotopic (exact) mass is 501 g/mol. The molecule has 2 aliphatic rings. The lowest BCUT2D eigenvalue weighted by Gasteiger charge is -2.17. The summed E-state index contributed by atoms with van der Waals surface area (Å²) in [6.45, 7) is 2.56. The van der Waals surface area contributed by atoms with Crippen molar-refractivity contribution in [3.63, 3.8) is 0 Å². The number of amides is 1. The van der Waals surface area contributed by atoms with Gasteiger partial charge in [0.15, 0.2) is 0 Å². The molecule has 1 aliphatic heterocycles. The van der Waals surface area contributed by atoms with Gasteiger partial charge in [-0.05, 0) is 25.3 Å². The molecule has 2 fully saturated rings. The van der Waals surface area contributed by atoms with Gasteiger partial charge in [0, 0.05) is 30.6 Å². The number of aromatic nitrogens is 2. The van der Waals surface area contributed by atoms with E-state index < -0.39 is 36.5 Å². The summed E-state index contributed by atoms with van der Waals surface area (Å²) >= 11 is 1.14. The Morgan fingerprint density at radius 2 is 1.97 bits per heavy atom. The van der Waals surface area contributed by atoms with Crippen LogP contribution < -0.4 is 16.6 Å². The zero-order valence-electron chi connectivity index (χ0n) is 18.9. The Morgan fingerprint density at radius 3 is 2.62 bits per heavy atom. The highest BCUT2D eigenvalue weighted by molar-refractivity contribution is 7.18. The number of hydrogen-bond donors (Lipinski definition) is 1. The van der Waals surface area contributed by atoms with E-state index in [1.54, 1.807) is 11.8 Å². The van der Waals surface area contributed by atoms with Gasteiger partial charge < -0.3 is 15.0 Å². The first-order valence-corrected chi connectivity index (χ1v) is 11.9. The van der Waals surface area contributed by atoms with Crippen LogP contribution in [0.4, 0.5) is 18.0 Å². The summed E-state index contributed by atoms with van der Waals surface area (Å²) in [4.78, 5) is 44.9. The molecule has 0 aromatic carbocycles. The van der Waals surface area contributed by atoms with Gasteiger partial charge in [-0.3, -0.25) is 13.9 Å². The number of alkyl halides is 3. The maximum atomic E-state index is 13.4. The van der Waals surface area contributed by atoms with E-state index in [0.717, 1.165) is 38.2 Å². The normalized spacial score (nSPS) is 18.3. The van der Waals surface area contributed by atoms with E-state index in [2.05, 4.69) is 15.0 Å². The number of ether oxygens (including phenoxy) is 1. The highest BCUT2D eigenvalue weighted by Gasteiger charge is 2.31. The Morgan fingerprint density at radius 1 is 1.26 bits per heavy atom. The number of methoxy groups -OCH3 is 1. The van der Waals surface area contributed by atoms with Gasteiger partial charge in [0.05, 0.1) is 25.5 Å². The SMILES string of the molecule is COC(=O)/N=C1\NCCN1Cc1sc2c(c1C)c(=O)n(C1CCCC1)c(=O)n2CCC(F)(F)F. The fourth-order valence-corrected chi connectivity index (χ4v) is 5.90. The molecule has 1 saturated carbocycles. The van der Waals surface area contributed by atoms with E-state index in [-0.39, 0.29) is 22.8 Å². The number of nitrogens with one attached hydrogen (secondary N) is 1. The van der Waals surface area contributed by atoms with Crippen LogP contribution in [0.2, 0.25) is 0 Å². The Kier molecular flexibility index (Phi) is 6.74. The second-order valence-electron chi connectivity index (χ2n) is 8.50. The van der Waals surface area contributed by atoms with Crippen LogP contribution in [0.3, 0.4) is 0 Å². The van der Waals surface area contributed by atoms with Crippen LogP contribution in [0.5, 0.6) is 0 Å². The van der Waals surface area contributed by atoms with Crippen molar-refractivity contribution in [2.45, 2.75) is 64.3 Å². The number of thiophene rings is 1. The molecule has 3 heterocycles. The second-order valence-corrected chi connectivity index (χ2v) is 9.58. The van der Waals surface area contributed by atoms with Gasteiger partial charge in [0.2, 0.25) is 5.96 Å². The molecule has 0 radical (unpaired) electrons. The summed E-state index contributed by atoms with van der Waals surface area (Å²) < 4.78 is 46.0. The number of hydrogen-bond acceptors (Lipinski definition) is 5. The van der Waals surface area contributed by atoms with Crippen molar-refractivity contribution in [1.82, 2.24) is 19.4 Å². The molecule has 0 bridgehead atoms. The number of fused-ring (bicyclic) bond motifs is 1. The molecule has 0 spiro atoms.